The van der Waals surface area contributed by atoms with Crippen LogP contribution in [0.5, 0.6) is 11.5 Å². The Kier molecular flexibility index (Phi) is 2.52. The van der Waals surface area contributed by atoms with Crippen molar-refractivity contribution < 1.29 is 9.84 Å². The molecule has 3 N–H and O–H groups in total. The minimum absolute atomic E-state index is 0.0761. The van der Waals surface area contributed by atoms with Gasteiger partial charge in [0.25, 0.3) is 0 Å². The molecule has 0 heterocycles. The second-order valence-corrected chi connectivity index (χ2v) is 4.39. The van der Waals surface area contributed by atoms with Gasteiger partial charge in [0, 0.05) is 11.1 Å². The lowest BCUT2D eigenvalue weighted by Gasteiger charge is -2.39. The largest absolute Gasteiger partial charge is 0.504 e. The number of ether oxygens (including phenoxy) is 1. The average Bonchev–Trinajstić information content (AvgIpc) is 2.15. The summed E-state index contributed by atoms with van der Waals surface area (Å²) in [6.45, 7) is 0. The van der Waals surface area contributed by atoms with Crippen molar-refractivity contribution in [2.75, 3.05) is 7.11 Å². The number of benzene rings is 1. The second-order valence-electron chi connectivity index (χ2n) is 3.99. The highest BCUT2D eigenvalue weighted by molar-refractivity contribution is 6.32. The molecule has 1 aromatic carbocycles. The van der Waals surface area contributed by atoms with E-state index in [0.29, 0.717) is 10.8 Å². The first-order valence-electron chi connectivity index (χ1n) is 4.93. The Morgan fingerprint density at radius 1 is 1.47 bits per heavy atom. The molecule has 1 aromatic rings. The van der Waals surface area contributed by atoms with Gasteiger partial charge in [-0.3, -0.25) is 0 Å². The van der Waals surface area contributed by atoms with E-state index < -0.39 is 5.54 Å². The normalized spacial score (nSPS) is 18.3. The summed E-state index contributed by atoms with van der Waals surface area (Å²) in [4.78, 5) is 0. The molecule has 15 heavy (non-hydrogen) atoms. The summed E-state index contributed by atoms with van der Waals surface area (Å²) in [6.07, 6.45) is 2.89. The molecule has 82 valence electrons. The average molecular weight is 228 g/mol. The molecular weight excluding hydrogens is 214 g/mol. The molecule has 4 heteroatoms. The number of phenolic OH excluding ortho intramolecular Hbond substituents is 1. The highest BCUT2D eigenvalue weighted by atomic mass is 35.5. The van der Waals surface area contributed by atoms with Crippen LogP contribution in [0, 0.1) is 0 Å². The molecule has 2 rings (SSSR count). The first-order chi connectivity index (χ1) is 7.08. The van der Waals surface area contributed by atoms with Gasteiger partial charge < -0.3 is 15.6 Å². The van der Waals surface area contributed by atoms with Crippen molar-refractivity contribution in [3.05, 3.63) is 22.7 Å². The monoisotopic (exact) mass is 227 g/mol. The summed E-state index contributed by atoms with van der Waals surface area (Å²) in [5, 5.41) is 10.4. The van der Waals surface area contributed by atoms with Crippen LogP contribution in [0.2, 0.25) is 5.02 Å². The number of hydrogen-bond donors (Lipinski definition) is 2. The van der Waals surface area contributed by atoms with Crippen molar-refractivity contribution in [3.8, 4) is 11.5 Å². The van der Waals surface area contributed by atoms with Gasteiger partial charge in [0.2, 0.25) is 0 Å². The van der Waals surface area contributed by atoms with Crippen molar-refractivity contribution in [2.45, 2.75) is 24.8 Å². The minimum Gasteiger partial charge on any atom is -0.504 e. The third kappa shape index (κ3) is 1.56. The summed E-state index contributed by atoms with van der Waals surface area (Å²) >= 11 is 5.89. The number of halogens is 1. The zero-order chi connectivity index (χ0) is 11.1. The van der Waals surface area contributed by atoms with E-state index in [-0.39, 0.29) is 5.75 Å². The van der Waals surface area contributed by atoms with Gasteiger partial charge in [0.15, 0.2) is 11.5 Å². The van der Waals surface area contributed by atoms with Crippen LogP contribution in [0.25, 0.3) is 0 Å². The third-order valence-corrected chi connectivity index (χ3v) is 3.37. The summed E-state index contributed by atoms with van der Waals surface area (Å²) in [6, 6.07) is 3.49. The number of methoxy groups -OCH3 is 1. The van der Waals surface area contributed by atoms with Crippen molar-refractivity contribution in [1.82, 2.24) is 0 Å². The molecule has 0 aromatic heterocycles. The van der Waals surface area contributed by atoms with E-state index >= 15 is 0 Å². The zero-order valence-electron chi connectivity index (χ0n) is 8.59. The summed E-state index contributed by atoms with van der Waals surface area (Å²) in [5.41, 5.74) is 6.47. The molecule has 0 aliphatic heterocycles. The first-order valence-corrected chi connectivity index (χ1v) is 5.31. The Morgan fingerprint density at radius 2 is 2.13 bits per heavy atom. The highest BCUT2D eigenvalue weighted by Gasteiger charge is 2.37. The van der Waals surface area contributed by atoms with Crippen LogP contribution >= 0.6 is 11.6 Å². The fourth-order valence-electron chi connectivity index (χ4n) is 1.97. The predicted molar refractivity (Wildman–Crippen MR) is 59.4 cm³/mol. The molecule has 0 atom stereocenters. The molecule has 0 unspecified atom stereocenters. The van der Waals surface area contributed by atoms with Gasteiger partial charge in [-0.25, -0.2) is 0 Å². The standard InChI is InChI=1S/C11H14ClNO2/c1-15-10-8(12)4-3-7(9(10)14)11(13)5-2-6-11/h3-4,14H,2,5-6,13H2,1H3. The third-order valence-electron chi connectivity index (χ3n) is 3.07. The SMILES string of the molecule is COc1c(Cl)ccc(C2(N)CCC2)c1O. The molecule has 0 radical (unpaired) electrons. The van der Waals surface area contributed by atoms with Crippen LogP contribution in [0.15, 0.2) is 12.1 Å². The quantitative estimate of drug-likeness (QED) is 0.816. The number of phenols is 1. The Bertz CT molecular complexity index is 388. The fraction of sp³-hybridized carbons (Fsp3) is 0.455. The van der Waals surface area contributed by atoms with E-state index in [9.17, 15) is 5.11 Å². The van der Waals surface area contributed by atoms with Gasteiger partial charge >= 0.3 is 0 Å². The Labute approximate surface area is 93.8 Å². The minimum atomic E-state index is -0.401. The van der Waals surface area contributed by atoms with Gasteiger partial charge in [-0.1, -0.05) is 17.7 Å². The fourth-order valence-corrected chi connectivity index (χ4v) is 2.20. The molecule has 0 saturated heterocycles. The highest BCUT2D eigenvalue weighted by Crippen LogP contribution is 2.47. The lowest BCUT2D eigenvalue weighted by molar-refractivity contribution is 0.242. The van der Waals surface area contributed by atoms with Crippen molar-refractivity contribution in [2.24, 2.45) is 5.73 Å². The number of rotatable bonds is 2. The molecule has 1 fully saturated rings. The van der Waals surface area contributed by atoms with Crippen molar-refractivity contribution >= 4 is 11.6 Å². The number of hydrogen-bond acceptors (Lipinski definition) is 3. The number of aromatic hydroxyl groups is 1. The maximum atomic E-state index is 9.98. The van der Waals surface area contributed by atoms with Crippen LogP contribution < -0.4 is 10.5 Å². The predicted octanol–water partition coefficient (Wildman–Crippen LogP) is 2.39. The van der Waals surface area contributed by atoms with Gasteiger partial charge in [-0.15, -0.1) is 0 Å². The van der Waals surface area contributed by atoms with E-state index in [4.69, 9.17) is 22.1 Å². The molecule has 1 aliphatic carbocycles. The van der Waals surface area contributed by atoms with E-state index in [1.165, 1.54) is 7.11 Å². The molecule has 1 saturated carbocycles. The van der Waals surface area contributed by atoms with Crippen molar-refractivity contribution in [3.63, 3.8) is 0 Å². The zero-order valence-corrected chi connectivity index (χ0v) is 9.34. The second kappa shape index (κ2) is 3.58. The molecule has 0 spiro atoms. The van der Waals surface area contributed by atoms with E-state index in [0.717, 1.165) is 24.8 Å². The Balaban J connectivity index is 2.49. The molecule has 0 amide bonds. The molecule has 0 bridgehead atoms. The van der Waals surface area contributed by atoms with E-state index in [2.05, 4.69) is 0 Å². The van der Waals surface area contributed by atoms with Crippen LogP contribution in [0.3, 0.4) is 0 Å². The van der Waals surface area contributed by atoms with Gasteiger partial charge in [0.05, 0.1) is 12.1 Å². The summed E-state index contributed by atoms with van der Waals surface area (Å²) < 4.78 is 5.04. The topological polar surface area (TPSA) is 55.5 Å². The van der Waals surface area contributed by atoms with Gasteiger partial charge in [0.1, 0.15) is 0 Å². The van der Waals surface area contributed by atoms with E-state index in [1.807, 2.05) is 0 Å². The summed E-state index contributed by atoms with van der Waals surface area (Å²) in [5.74, 6) is 0.387. The van der Waals surface area contributed by atoms with Crippen LogP contribution in [0.1, 0.15) is 24.8 Å². The van der Waals surface area contributed by atoms with Gasteiger partial charge in [-0.2, -0.15) is 0 Å². The van der Waals surface area contributed by atoms with Crippen molar-refractivity contribution in [1.29, 1.82) is 0 Å². The van der Waals surface area contributed by atoms with Crippen LogP contribution in [0.4, 0.5) is 0 Å². The van der Waals surface area contributed by atoms with Crippen LogP contribution in [-0.4, -0.2) is 12.2 Å². The Hall–Kier alpha value is -0.930. The maximum Gasteiger partial charge on any atom is 0.179 e. The Morgan fingerprint density at radius 3 is 2.60 bits per heavy atom. The lowest BCUT2D eigenvalue weighted by atomic mass is 9.72. The first kappa shape index (κ1) is 10.6. The molecule has 3 nitrogen and oxygen atoms in total. The van der Waals surface area contributed by atoms with Gasteiger partial charge in [-0.05, 0) is 25.3 Å². The summed E-state index contributed by atoms with van der Waals surface area (Å²) in [7, 11) is 1.48. The van der Waals surface area contributed by atoms with E-state index in [1.54, 1.807) is 12.1 Å². The van der Waals surface area contributed by atoms with Crippen LogP contribution in [-0.2, 0) is 5.54 Å². The molecular formula is C11H14ClNO2. The molecule has 1 aliphatic rings. The maximum absolute atomic E-state index is 9.98. The number of nitrogens with two attached hydrogens (primary N) is 1. The lowest BCUT2D eigenvalue weighted by Crippen LogP contribution is -2.43. The smallest absolute Gasteiger partial charge is 0.179 e.